The minimum atomic E-state index is -0.476. The van der Waals surface area contributed by atoms with E-state index in [0.717, 1.165) is 27.4 Å². The molecule has 0 radical (unpaired) electrons. The Morgan fingerprint density at radius 2 is 1.64 bits per heavy atom. The van der Waals surface area contributed by atoms with Crippen molar-refractivity contribution in [2.75, 3.05) is 0 Å². The van der Waals surface area contributed by atoms with Gasteiger partial charge in [-0.15, -0.1) is 0 Å². The Kier molecular flexibility index (Phi) is 5.22. The van der Waals surface area contributed by atoms with E-state index >= 15 is 0 Å². The SMILES string of the molecule is C=CC(=O)Oc1c(C)cc(N=Nc2ccc(Br)cc2)cc1C. The van der Waals surface area contributed by atoms with E-state index in [-0.39, 0.29) is 0 Å². The molecule has 2 aromatic carbocycles. The van der Waals surface area contributed by atoms with Gasteiger partial charge in [0.25, 0.3) is 0 Å². The van der Waals surface area contributed by atoms with Gasteiger partial charge in [0.1, 0.15) is 5.75 Å². The molecule has 5 heteroatoms. The number of hydrogen-bond donors (Lipinski definition) is 0. The smallest absolute Gasteiger partial charge is 0.335 e. The van der Waals surface area contributed by atoms with E-state index in [1.807, 2.05) is 50.2 Å². The lowest BCUT2D eigenvalue weighted by Crippen LogP contribution is -2.05. The summed E-state index contributed by atoms with van der Waals surface area (Å²) in [4.78, 5) is 11.3. The molecule has 0 fully saturated rings. The van der Waals surface area contributed by atoms with Crippen LogP contribution >= 0.6 is 15.9 Å². The van der Waals surface area contributed by atoms with Crippen LogP contribution in [0.1, 0.15) is 11.1 Å². The summed E-state index contributed by atoms with van der Waals surface area (Å²) in [5.74, 6) is 0.0583. The van der Waals surface area contributed by atoms with Gasteiger partial charge in [-0.05, 0) is 61.4 Å². The maximum Gasteiger partial charge on any atom is 0.335 e. The van der Waals surface area contributed by atoms with Crippen LogP contribution in [0.4, 0.5) is 11.4 Å². The Morgan fingerprint density at radius 1 is 1.09 bits per heavy atom. The molecule has 2 aromatic rings. The zero-order valence-corrected chi connectivity index (χ0v) is 13.9. The molecule has 0 aliphatic carbocycles. The van der Waals surface area contributed by atoms with Gasteiger partial charge in [-0.25, -0.2) is 4.79 Å². The summed E-state index contributed by atoms with van der Waals surface area (Å²) in [6, 6.07) is 11.2. The van der Waals surface area contributed by atoms with Crippen molar-refractivity contribution < 1.29 is 9.53 Å². The predicted octanol–water partition coefficient (Wildman–Crippen LogP) is 5.57. The molecular weight excluding hydrogens is 344 g/mol. The third kappa shape index (κ3) is 4.11. The third-order valence-corrected chi connectivity index (χ3v) is 3.45. The summed E-state index contributed by atoms with van der Waals surface area (Å²) in [6.45, 7) is 7.11. The lowest BCUT2D eigenvalue weighted by Gasteiger charge is -2.09. The van der Waals surface area contributed by atoms with Crippen LogP contribution in [0.25, 0.3) is 0 Å². The van der Waals surface area contributed by atoms with Gasteiger partial charge in [-0.3, -0.25) is 0 Å². The number of rotatable bonds is 4. The van der Waals surface area contributed by atoms with Crippen molar-refractivity contribution in [2.45, 2.75) is 13.8 Å². The zero-order valence-electron chi connectivity index (χ0n) is 12.3. The molecule has 0 saturated heterocycles. The maximum atomic E-state index is 11.3. The topological polar surface area (TPSA) is 51.0 Å². The molecule has 112 valence electrons. The second kappa shape index (κ2) is 7.13. The monoisotopic (exact) mass is 358 g/mol. The first-order chi connectivity index (χ1) is 10.5. The molecule has 0 amide bonds. The molecule has 0 unspecified atom stereocenters. The molecule has 0 N–H and O–H groups in total. The van der Waals surface area contributed by atoms with Crippen LogP contribution in [0.5, 0.6) is 5.75 Å². The Morgan fingerprint density at radius 3 is 2.18 bits per heavy atom. The fourth-order valence-electron chi connectivity index (χ4n) is 1.91. The first kappa shape index (κ1) is 16.1. The van der Waals surface area contributed by atoms with Gasteiger partial charge in [0.05, 0.1) is 11.4 Å². The van der Waals surface area contributed by atoms with Crippen LogP contribution < -0.4 is 4.74 Å². The highest BCUT2D eigenvalue weighted by Gasteiger charge is 2.09. The lowest BCUT2D eigenvalue weighted by molar-refractivity contribution is -0.129. The molecule has 0 atom stereocenters. The first-order valence-electron chi connectivity index (χ1n) is 6.62. The van der Waals surface area contributed by atoms with Crippen LogP contribution in [0, 0.1) is 13.8 Å². The summed E-state index contributed by atoms with van der Waals surface area (Å²) >= 11 is 3.37. The highest BCUT2D eigenvalue weighted by Crippen LogP contribution is 2.30. The number of ether oxygens (including phenoxy) is 1. The molecule has 0 aliphatic heterocycles. The van der Waals surface area contributed by atoms with Crippen LogP contribution in [0.3, 0.4) is 0 Å². The van der Waals surface area contributed by atoms with Crippen molar-refractivity contribution in [2.24, 2.45) is 10.2 Å². The van der Waals surface area contributed by atoms with E-state index in [2.05, 4.69) is 32.7 Å². The number of nitrogens with zero attached hydrogens (tertiary/aromatic N) is 2. The molecule has 0 saturated carbocycles. The molecule has 0 spiro atoms. The van der Waals surface area contributed by atoms with Crippen LogP contribution in [0.15, 0.2) is 63.8 Å². The van der Waals surface area contributed by atoms with Crippen molar-refractivity contribution in [1.82, 2.24) is 0 Å². The van der Waals surface area contributed by atoms with Gasteiger partial charge >= 0.3 is 5.97 Å². The standard InChI is InChI=1S/C17H15BrN2O2/c1-4-16(21)22-17-11(2)9-15(10-12(17)3)20-19-14-7-5-13(18)6-8-14/h4-10H,1H2,2-3H3. The summed E-state index contributed by atoms with van der Waals surface area (Å²) in [5, 5.41) is 8.40. The number of hydrogen-bond acceptors (Lipinski definition) is 4. The normalized spacial score (nSPS) is 10.7. The first-order valence-corrected chi connectivity index (χ1v) is 7.41. The molecule has 22 heavy (non-hydrogen) atoms. The molecule has 0 bridgehead atoms. The van der Waals surface area contributed by atoms with Gasteiger partial charge in [0.2, 0.25) is 0 Å². The number of halogens is 1. The lowest BCUT2D eigenvalue weighted by atomic mass is 10.1. The average molecular weight is 359 g/mol. The van der Waals surface area contributed by atoms with E-state index in [9.17, 15) is 4.79 Å². The zero-order chi connectivity index (χ0) is 16.1. The highest BCUT2D eigenvalue weighted by molar-refractivity contribution is 9.10. The molecule has 0 aromatic heterocycles. The van der Waals surface area contributed by atoms with Gasteiger partial charge in [-0.1, -0.05) is 22.5 Å². The van der Waals surface area contributed by atoms with Gasteiger partial charge in [0.15, 0.2) is 0 Å². The summed E-state index contributed by atoms with van der Waals surface area (Å²) in [5.41, 5.74) is 3.11. The van der Waals surface area contributed by atoms with E-state index in [1.165, 1.54) is 0 Å². The van der Waals surface area contributed by atoms with Crippen LogP contribution in [-0.2, 0) is 4.79 Å². The minimum Gasteiger partial charge on any atom is -0.423 e. The molecular formula is C17H15BrN2O2. The largest absolute Gasteiger partial charge is 0.423 e. The van der Waals surface area contributed by atoms with Crippen molar-refractivity contribution in [1.29, 1.82) is 0 Å². The minimum absolute atomic E-state index is 0.476. The van der Waals surface area contributed by atoms with Crippen molar-refractivity contribution in [3.63, 3.8) is 0 Å². The van der Waals surface area contributed by atoms with Crippen molar-refractivity contribution in [3.8, 4) is 5.75 Å². The quantitative estimate of drug-likeness (QED) is 0.310. The second-order valence-electron chi connectivity index (χ2n) is 4.71. The van der Waals surface area contributed by atoms with E-state index in [1.54, 1.807) is 0 Å². The average Bonchev–Trinajstić information content (AvgIpc) is 2.50. The molecule has 0 heterocycles. The van der Waals surface area contributed by atoms with Gasteiger partial charge < -0.3 is 4.74 Å². The Hall–Kier alpha value is -2.27. The molecule has 0 aliphatic rings. The molecule has 2 rings (SSSR count). The van der Waals surface area contributed by atoms with Gasteiger partial charge in [-0.2, -0.15) is 10.2 Å². The van der Waals surface area contributed by atoms with Crippen molar-refractivity contribution in [3.05, 3.63) is 64.7 Å². The Labute approximate surface area is 137 Å². The molecule has 4 nitrogen and oxygen atoms in total. The maximum absolute atomic E-state index is 11.3. The number of esters is 1. The van der Waals surface area contributed by atoms with E-state index in [4.69, 9.17) is 4.74 Å². The van der Waals surface area contributed by atoms with E-state index < -0.39 is 5.97 Å². The number of benzene rings is 2. The summed E-state index contributed by atoms with van der Waals surface area (Å²) < 4.78 is 6.21. The summed E-state index contributed by atoms with van der Waals surface area (Å²) in [6.07, 6.45) is 1.14. The summed E-state index contributed by atoms with van der Waals surface area (Å²) in [7, 11) is 0. The highest BCUT2D eigenvalue weighted by atomic mass is 79.9. The van der Waals surface area contributed by atoms with Crippen LogP contribution in [-0.4, -0.2) is 5.97 Å². The Bertz CT molecular complexity index is 714. The fraction of sp³-hybridized carbons (Fsp3) is 0.118. The van der Waals surface area contributed by atoms with Crippen molar-refractivity contribution >= 4 is 33.3 Å². The fourth-order valence-corrected chi connectivity index (χ4v) is 2.18. The number of azo groups is 1. The second-order valence-corrected chi connectivity index (χ2v) is 5.63. The van der Waals surface area contributed by atoms with E-state index in [0.29, 0.717) is 11.4 Å². The number of carbonyl (C=O) groups excluding carboxylic acids is 1. The van der Waals surface area contributed by atoms with Gasteiger partial charge in [0, 0.05) is 10.5 Å². The number of aryl methyl sites for hydroxylation is 2. The third-order valence-electron chi connectivity index (χ3n) is 2.92. The number of carbonyl (C=O) groups is 1. The Balaban J connectivity index is 2.24. The van der Waals surface area contributed by atoms with Crippen LogP contribution in [0.2, 0.25) is 0 Å². The predicted molar refractivity (Wildman–Crippen MR) is 90.1 cm³/mol.